The number of imidazole rings is 1. The monoisotopic (exact) mass is 306 g/mol. The molecular formula is C12H14N6O2S. The van der Waals surface area contributed by atoms with Crippen molar-refractivity contribution in [3.05, 3.63) is 37.4 Å². The van der Waals surface area contributed by atoms with E-state index in [4.69, 9.17) is 0 Å². The molecule has 21 heavy (non-hydrogen) atoms. The van der Waals surface area contributed by atoms with Gasteiger partial charge in [0.15, 0.2) is 11.2 Å². The fraction of sp³-hybridized carbons (Fsp3) is 0.333. The van der Waals surface area contributed by atoms with Crippen LogP contribution in [0.4, 0.5) is 5.95 Å². The summed E-state index contributed by atoms with van der Waals surface area (Å²) in [6.45, 7) is 0.576. The van der Waals surface area contributed by atoms with Crippen LogP contribution in [-0.2, 0) is 20.6 Å². The van der Waals surface area contributed by atoms with Crippen LogP contribution >= 0.6 is 11.3 Å². The molecule has 0 saturated carbocycles. The predicted molar refractivity (Wildman–Crippen MR) is 80.8 cm³/mol. The lowest BCUT2D eigenvalue weighted by Crippen LogP contribution is -2.29. The quantitative estimate of drug-likeness (QED) is 0.739. The molecule has 3 heterocycles. The van der Waals surface area contributed by atoms with Gasteiger partial charge in [-0.2, -0.15) is 4.98 Å². The van der Waals surface area contributed by atoms with Gasteiger partial charge in [0, 0.05) is 26.5 Å². The number of aryl methyl sites for hydroxylation is 2. The lowest BCUT2D eigenvalue weighted by atomic mass is 10.4. The van der Waals surface area contributed by atoms with Crippen molar-refractivity contribution in [1.82, 2.24) is 24.1 Å². The zero-order valence-electron chi connectivity index (χ0n) is 11.8. The van der Waals surface area contributed by atoms with Gasteiger partial charge in [0.25, 0.3) is 5.56 Å². The summed E-state index contributed by atoms with van der Waals surface area (Å²) in [5.41, 5.74) is 2.53. The number of nitrogens with zero attached hydrogens (tertiary/aromatic N) is 5. The number of anilines is 1. The molecule has 0 unspecified atom stereocenters. The Kier molecular flexibility index (Phi) is 3.13. The maximum atomic E-state index is 12.0. The zero-order valence-corrected chi connectivity index (χ0v) is 12.6. The minimum atomic E-state index is -0.473. The van der Waals surface area contributed by atoms with Crippen LogP contribution in [0.2, 0.25) is 0 Å². The Hall–Kier alpha value is -2.42. The summed E-state index contributed by atoms with van der Waals surface area (Å²) in [5.74, 6) is 0.602. The molecule has 0 atom stereocenters. The maximum absolute atomic E-state index is 12.0. The molecule has 0 aliphatic carbocycles. The van der Waals surface area contributed by atoms with Gasteiger partial charge in [-0.3, -0.25) is 14.3 Å². The third-order valence-corrected chi connectivity index (χ3v) is 3.97. The van der Waals surface area contributed by atoms with Gasteiger partial charge >= 0.3 is 5.69 Å². The smallest absolute Gasteiger partial charge is 0.329 e. The number of fused-ring (bicyclic) bond motifs is 1. The number of hydrogen-bond acceptors (Lipinski definition) is 6. The molecule has 3 aromatic heterocycles. The minimum absolute atomic E-state index is 0.367. The van der Waals surface area contributed by atoms with E-state index in [2.05, 4.69) is 15.0 Å². The van der Waals surface area contributed by atoms with Crippen molar-refractivity contribution >= 4 is 28.4 Å². The van der Waals surface area contributed by atoms with Crippen molar-refractivity contribution in [2.45, 2.75) is 6.54 Å². The van der Waals surface area contributed by atoms with Gasteiger partial charge in [0.1, 0.15) is 0 Å². The molecule has 9 heteroatoms. The Morgan fingerprint density at radius 2 is 2.10 bits per heavy atom. The molecule has 3 aromatic rings. The second-order valence-electron chi connectivity index (χ2n) is 4.80. The molecule has 0 fully saturated rings. The lowest BCUT2D eigenvalue weighted by Gasteiger charge is -2.16. The van der Waals surface area contributed by atoms with E-state index in [1.54, 1.807) is 24.2 Å². The molecule has 0 aliphatic heterocycles. The van der Waals surface area contributed by atoms with E-state index >= 15 is 0 Å². The van der Waals surface area contributed by atoms with Crippen LogP contribution in [0.1, 0.15) is 5.69 Å². The van der Waals surface area contributed by atoms with Crippen molar-refractivity contribution in [1.29, 1.82) is 0 Å². The molecule has 1 N–H and O–H groups in total. The first-order valence-corrected chi connectivity index (χ1v) is 7.17. The summed E-state index contributed by atoms with van der Waals surface area (Å²) >= 11 is 1.53. The topological polar surface area (TPSA) is 88.8 Å². The third-order valence-electron chi connectivity index (χ3n) is 3.34. The van der Waals surface area contributed by atoms with Crippen molar-refractivity contribution < 1.29 is 0 Å². The lowest BCUT2D eigenvalue weighted by molar-refractivity contribution is 0.805. The number of aromatic nitrogens is 5. The Labute approximate surface area is 123 Å². The fourth-order valence-electron chi connectivity index (χ4n) is 2.27. The Bertz CT molecular complexity index is 904. The highest BCUT2D eigenvalue weighted by Gasteiger charge is 2.17. The van der Waals surface area contributed by atoms with Crippen molar-refractivity contribution in [2.24, 2.45) is 14.1 Å². The second kappa shape index (κ2) is 4.85. The molecule has 0 bridgehead atoms. The SMILES string of the molecule is CN(Cc1cscn1)c1nc2c(c(=O)[nH]c(=O)n2C)n1C. The largest absolute Gasteiger partial charge is 0.339 e. The van der Waals surface area contributed by atoms with E-state index in [9.17, 15) is 9.59 Å². The first-order chi connectivity index (χ1) is 9.99. The molecule has 0 spiro atoms. The molecular weight excluding hydrogens is 292 g/mol. The normalized spacial score (nSPS) is 11.2. The van der Waals surface area contributed by atoms with Gasteiger partial charge in [-0.05, 0) is 0 Å². The standard InChI is InChI=1S/C12H14N6O2S/c1-16(4-7-5-21-6-13-7)11-14-9-8(17(11)2)10(19)15-12(20)18(9)3/h5-6H,4H2,1-3H3,(H,15,19,20). The number of aromatic amines is 1. The highest BCUT2D eigenvalue weighted by Crippen LogP contribution is 2.18. The number of hydrogen-bond donors (Lipinski definition) is 1. The molecule has 0 radical (unpaired) electrons. The van der Waals surface area contributed by atoms with Gasteiger partial charge in [-0.1, -0.05) is 0 Å². The number of H-pyrrole nitrogens is 1. The Balaban J connectivity index is 2.14. The van der Waals surface area contributed by atoms with E-state index < -0.39 is 11.2 Å². The maximum Gasteiger partial charge on any atom is 0.329 e. The van der Waals surface area contributed by atoms with Gasteiger partial charge in [0.2, 0.25) is 5.95 Å². The summed E-state index contributed by atoms with van der Waals surface area (Å²) in [6, 6.07) is 0. The Morgan fingerprint density at radius 3 is 2.76 bits per heavy atom. The van der Waals surface area contributed by atoms with Gasteiger partial charge in [-0.25, -0.2) is 9.78 Å². The molecule has 0 amide bonds. The van der Waals surface area contributed by atoms with Gasteiger partial charge in [-0.15, -0.1) is 11.3 Å². The summed E-state index contributed by atoms with van der Waals surface area (Å²) in [7, 11) is 5.20. The van der Waals surface area contributed by atoms with Crippen LogP contribution in [0.3, 0.4) is 0 Å². The van der Waals surface area contributed by atoms with Crippen LogP contribution in [0.5, 0.6) is 0 Å². The van der Waals surface area contributed by atoms with E-state index in [-0.39, 0.29) is 0 Å². The van der Waals surface area contributed by atoms with E-state index in [1.165, 1.54) is 15.9 Å². The van der Waals surface area contributed by atoms with Crippen LogP contribution in [0.15, 0.2) is 20.5 Å². The summed E-state index contributed by atoms with van der Waals surface area (Å²) in [4.78, 5) is 36.4. The number of thiazole rings is 1. The number of rotatable bonds is 3. The van der Waals surface area contributed by atoms with Crippen LogP contribution < -0.4 is 16.1 Å². The van der Waals surface area contributed by atoms with E-state index in [0.29, 0.717) is 23.7 Å². The minimum Gasteiger partial charge on any atom is -0.339 e. The third kappa shape index (κ3) is 2.15. The summed E-state index contributed by atoms with van der Waals surface area (Å²) < 4.78 is 3.01. The van der Waals surface area contributed by atoms with Crippen LogP contribution in [0, 0.1) is 0 Å². The molecule has 0 saturated heterocycles. The first kappa shape index (κ1) is 13.6. The summed E-state index contributed by atoms with van der Waals surface area (Å²) in [6.07, 6.45) is 0. The summed E-state index contributed by atoms with van der Waals surface area (Å²) in [5, 5.41) is 1.96. The average Bonchev–Trinajstić information content (AvgIpc) is 3.04. The molecule has 110 valence electrons. The second-order valence-corrected chi connectivity index (χ2v) is 5.52. The zero-order chi connectivity index (χ0) is 15.1. The molecule has 0 aliphatic rings. The predicted octanol–water partition coefficient (Wildman–Crippen LogP) is 0.0532. The van der Waals surface area contributed by atoms with E-state index in [1.807, 2.05) is 17.3 Å². The highest BCUT2D eigenvalue weighted by molar-refractivity contribution is 7.07. The van der Waals surface area contributed by atoms with Crippen molar-refractivity contribution in [3.63, 3.8) is 0 Å². The molecule has 8 nitrogen and oxygen atoms in total. The van der Waals surface area contributed by atoms with Crippen molar-refractivity contribution in [3.8, 4) is 0 Å². The van der Waals surface area contributed by atoms with Crippen molar-refractivity contribution in [2.75, 3.05) is 11.9 Å². The number of nitrogens with one attached hydrogen (secondary N) is 1. The fourth-order valence-corrected chi connectivity index (χ4v) is 2.82. The van der Waals surface area contributed by atoms with Gasteiger partial charge < -0.3 is 9.47 Å². The highest BCUT2D eigenvalue weighted by atomic mass is 32.1. The van der Waals surface area contributed by atoms with Crippen LogP contribution in [0.25, 0.3) is 11.2 Å². The Morgan fingerprint density at radius 1 is 1.33 bits per heavy atom. The van der Waals surface area contributed by atoms with Gasteiger partial charge in [0.05, 0.1) is 17.7 Å². The van der Waals surface area contributed by atoms with E-state index in [0.717, 1.165) is 5.69 Å². The average molecular weight is 306 g/mol. The van der Waals surface area contributed by atoms with Crippen LogP contribution in [-0.4, -0.2) is 31.1 Å². The first-order valence-electron chi connectivity index (χ1n) is 6.23. The molecule has 3 rings (SSSR count). The molecule has 0 aromatic carbocycles.